The highest BCUT2D eigenvalue weighted by molar-refractivity contribution is 14.1. The molecule has 0 unspecified atom stereocenters. The van der Waals surface area contributed by atoms with Crippen molar-refractivity contribution in [3.05, 3.63) is 50.6 Å². The summed E-state index contributed by atoms with van der Waals surface area (Å²) in [5, 5.41) is 3.50. The first-order chi connectivity index (χ1) is 9.95. The van der Waals surface area contributed by atoms with Gasteiger partial charge in [0.2, 0.25) is 5.91 Å². The monoisotopic (exact) mass is 432 g/mol. The summed E-state index contributed by atoms with van der Waals surface area (Å²) in [5.41, 5.74) is 8.34. The maximum atomic E-state index is 12.0. The van der Waals surface area contributed by atoms with Gasteiger partial charge < -0.3 is 11.1 Å². The lowest BCUT2D eigenvalue weighted by Crippen LogP contribution is -2.15. The molecule has 0 aliphatic carbocycles. The molecule has 2 rings (SSSR count). The van der Waals surface area contributed by atoms with Crippen molar-refractivity contribution < 1.29 is 4.79 Å². The van der Waals surface area contributed by atoms with Crippen LogP contribution in [0.1, 0.15) is 5.56 Å². The van der Waals surface area contributed by atoms with E-state index in [-0.39, 0.29) is 5.91 Å². The zero-order chi connectivity index (χ0) is 15.4. The van der Waals surface area contributed by atoms with E-state index < -0.39 is 0 Å². The molecule has 0 saturated heterocycles. The Kier molecular flexibility index (Phi) is 5.78. The van der Waals surface area contributed by atoms with E-state index in [0.29, 0.717) is 16.5 Å². The van der Waals surface area contributed by atoms with Crippen LogP contribution in [0.25, 0.3) is 0 Å². The number of halogens is 2. The van der Waals surface area contributed by atoms with Gasteiger partial charge in [0.15, 0.2) is 0 Å². The number of nitrogens with one attached hydrogen (secondary N) is 1. The third-order valence-electron chi connectivity index (χ3n) is 2.79. The molecule has 0 heterocycles. The number of hydrogen-bond donors (Lipinski definition) is 2. The van der Waals surface area contributed by atoms with Gasteiger partial charge in [0.05, 0.1) is 5.75 Å². The average molecular weight is 433 g/mol. The topological polar surface area (TPSA) is 55.1 Å². The van der Waals surface area contributed by atoms with Crippen LogP contribution in [0.15, 0.2) is 41.3 Å². The highest BCUT2D eigenvalue weighted by atomic mass is 127. The maximum Gasteiger partial charge on any atom is 0.234 e. The van der Waals surface area contributed by atoms with E-state index in [2.05, 4.69) is 27.9 Å². The van der Waals surface area contributed by atoms with Gasteiger partial charge in [0.25, 0.3) is 0 Å². The van der Waals surface area contributed by atoms with Gasteiger partial charge in [0.1, 0.15) is 0 Å². The van der Waals surface area contributed by atoms with Gasteiger partial charge in [-0.05, 0) is 71.5 Å². The van der Waals surface area contributed by atoms with Gasteiger partial charge in [-0.3, -0.25) is 4.79 Å². The van der Waals surface area contributed by atoms with E-state index in [9.17, 15) is 4.79 Å². The van der Waals surface area contributed by atoms with Crippen molar-refractivity contribution in [3.63, 3.8) is 0 Å². The molecule has 0 spiro atoms. The molecule has 0 fully saturated rings. The molecular weight excluding hydrogens is 419 g/mol. The fourth-order valence-corrected chi connectivity index (χ4v) is 3.32. The average Bonchev–Trinajstić information content (AvgIpc) is 2.41. The predicted molar refractivity (Wildman–Crippen MR) is 99.1 cm³/mol. The van der Waals surface area contributed by atoms with Gasteiger partial charge in [0, 0.05) is 24.9 Å². The summed E-state index contributed by atoms with van der Waals surface area (Å²) in [5.74, 6) is 0.246. The smallest absolute Gasteiger partial charge is 0.234 e. The van der Waals surface area contributed by atoms with E-state index in [1.54, 1.807) is 12.1 Å². The quantitative estimate of drug-likeness (QED) is 0.423. The number of carbonyl (C=O) groups excluding carboxylic acids is 1. The molecule has 2 aromatic rings. The summed E-state index contributed by atoms with van der Waals surface area (Å²) in [6.45, 7) is 1.97. The van der Waals surface area contributed by atoms with Crippen LogP contribution in [0.3, 0.4) is 0 Å². The van der Waals surface area contributed by atoms with E-state index in [1.165, 1.54) is 11.8 Å². The Hall–Kier alpha value is -0.920. The van der Waals surface area contributed by atoms with E-state index in [0.717, 1.165) is 19.7 Å². The van der Waals surface area contributed by atoms with Crippen molar-refractivity contribution in [2.45, 2.75) is 11.8 Å². The van der Waals surface area contributed by atoms with Gasteiger partial charge in [-0.15, -0.1) is 11.8 Å². The Morgan fingerprint density at radius 1 is 1.33 bits per heavy atom. The highest BCUT2D eigenvalue weighted by Crippen LogP contribution is 2.28. The molecule has 0 aromatic heterocycles. The summed E-state index contributed by atoms with van der Waals surface area (Å²) in [6.07, 6.45) is 0. The van der Waals surface area contributed by atoms with Gasteiger partial charge >= 0.3 is 0 Å². The van der Waals surface area contributed by atoms with Crippen molar-refractivity contribution in [2.24, 2.45) is 0 Å². The molecule has 2 aromatic carbocycles. The molecule has 6 heteroatoms. The second-order valence-electron chi connectivity index (χ2n) is 4.48. The third kappa shape index (κ3) is 4.79. The number of rotatable bonds is 4. The fourth-order valence-electron chi connectivity index (χ4n) is 1.75. The van der Waals surface area contributed by atoms with E-state index >= 15 is 0 Å². The second kappa shape index (κ2) is 7.38. The van der Waals surface area contributed by atoms with Crippen LogP contribution in [-0.2, 0) is 4.79 Å². The molecule has 110 valence electrons. The molecule has 3 N–H and O–H groups in total. The molecule has 21 heavy (non-hydrogen) atoms. The zero-order valence-corrected chi connectivity index (χ0v) is 15.1. The number of thioether (sulfide) groups is 1. The van der Waals surface area contributed by atoms with Crippen molar-refractivity contribution in [3.8, 4) is 0 Å². The molecule has 0 saturated carbocycles. The number of amides is 1. The molecule has 0 aliphatic heterocycles. The number of nitrogen functional groups attached to an aromatic ring is 1. The normalized spacial score (nSPS) is 10.4. The standard InChI is InChI=1S/C15H14ClIN2OS/c1-9-6-11(17)3-4-13(9)19-15(20)8-21-14-5-2-10(16)7-12(14)18/h2-7H,8,18H2,1H3,(H,19,20). The van der Waals surface area contributed by atoms with Gasteiger partial charge in [-0.25, -0.2) is 0 Å². The van der Waals surface area contributed by atoms with E-state index in [1.807, 2.05) is 31.2 Å². The lowest BCUT2D eigenvalue weighted by molar-refractivity contribution is -0.113. The Balaban J connectivity index is 1.96. The summed E-state index contributed by atoms with van der Waals surface area (Å²) < 4.78 is 1.14. The summed E-state index contributed by atoms with van der Waals surface area (Å²) in [4.78, 5) is 12.9. The van der Waals surface area contributed by atoms with Crippen LogP contribution < -0.4 is 11.1 Å². The van der Waals surface area contributed by atoms with Crippen LogP contribution in [0, 0.1) is 10.5 Å². The van der Waals surface area contributed by atoms with Crippen molar-refractivity contribution >= 4 is 63.2 Å². The first-order valence-corrected chi connectivity index (χ1v) is 8.64. The van der Waals surface area contributed by atoms with Gasteiger partial charge in [-0.2, -0.15) is 0 Å². The van der Waals surface area contributed by atoms with Crippen molar-refractivity contribution in [1.82, 2.24) is 0 Å². The molecule has 0 bridgehead atoms. The molecule has 0 atom stereocenters. The lowest BCUT2D eigenvalue weighted by atomic mass is 10.2. The highest BCUT2D eigenvalue weighted by Gasteiger charge is 2.08. The molecule has 0 aliphatic rings. The van der Waals surface area contributed by atoms with Crippen molar-refractivity contribution in [1.29, 1.82) is 0 Å². The molecular formula is C15H14ClIN2OS. The number of hydrogen-bond acceptors (Lipinski definition) is 3. The largest absolute Gasteiger partial charge is 0.398 e. The number of nitrogens with two attached hydrogens (primary N) is 1. The first kappa shape index (κ1) is 16.5. The van der Waals surface area contributed by atoms with Crippen LogP contribution >= 0.6 is 46.0 Å². The molecule has 0 radical (unpaired) electrons. The van der Waals surface area contributed by atoms with E-state index in [4.69, 9.17) is 17.3 Å². The maximum absolute atomic E-state index is 12.0. The third-order valence-corrected chi connectivity index (χ3v) is 4.79. The summed E-state index contributed by atoms with van der Waals surface area (Å²) >= 11 is 9.49. The number of carbonyl (C=O) groups is 1. The Morgan fingerprint density at radius 2 is 2.10 bits per heavy atom. The molecule has 1 amide bonds. The minimum Gasteiger partial charge on any atom is -0.398 e. The lowest BCUT2D eigenvalue weighted by Gasteiger charge is -2.09. The Bertz CT molecular complexity index is 679. The Labute approximate surface area is 146 Å². The predicted octanol–water partition coefficient (Wildman–Crippen LogP) is 4.57. The minimum atomic E-state index is -0.0568. The second-order valence-corrected chi connectivity index (χ2v) is 7.18. The zero-order valence-electron chi connectivity index (χ0n) is 11.3. The van der Waals surface area contributed by atoms with Crippen LogP contribution in [0.4, 0.5) is 11.4 Å². The minimum absolute atomic E-state index is 0.0568. The van der Waals surface area contributed by atoms with Crippen LogP contribution in [0.5, 0.6) is 0 Å². The first-order valence-electron chi connectivity index (χ1n) is 6.19. The number of anilines is 2. The molecule has 3 nitrogen and oxygen atoms in total. The van der Waals surface area contributed by atoms with Crippen molar-refractivity contribution in [2.75, 3.05) is 16.8 Å². The summed E-state index contributed by atoms with van der Waals surface area (Å²) in [7, 11) is 0. The van der Waals surface area contributed by atoms with Gasteiger partial charge in [-0.1, -0.05) is 11.6 Å². The Morgan fingerprint density at radius 3 is 2.76 bits per heavy atom. The number of aryl methyl sites for hydroxylation is 1. The van der Waals surface area contributed by atoms with Crippen LogP contribution in [0.2, 0.25) is 5.02 Å². The van der Waals surface area contributed by atoms with Crippen LogP contribution in [-0.4, -0.2) is 11.7 Å². The SMILES string of the molecule is Cc1cc(I)ccc1NC(=O)CSc1ccc(Cl)cc1N. The fraction of sp³-hybridized carbons (Fsp3) is 0.133. The number of benzene rings is 2. The summed E-state index contributed by atoms with van der Waals surface area (Å²) in [6, 6.07) is 11.2.